The Balaban J connectivity index is 2.01. The summed E-state index contributed by atoms with van der Waals surface area (Å²) in [6, 6.07) is 9.13. The molecule has 1 aliphatic rings. The van der Waals surface area contributed by atoms with E-state index in [1.807, 2.05) is 6.92 Å². The molecule has 1 heterocycles. The van der Waals surface area contributed by atoms with Gasteiger partial charge in [-0.25, -0.2) is 0 Å². The van der Waals surface area contributed by atoms with Gasteiger partial charge in [0.2, 0.25) is 0 Å². The number of nitrogens with zero attached hydrogens (tertiary/aromatic N) is 1. The molecule has 2 rings (SSSR count). The van der Waals surface area contributed by atoms with E-state index < -0.39 is 0 Å². The van der Waals surface area contributed by atoms with Crippen LogP contribution in [0.4, 0.5) is 5.69 Å². The molecule has 19 heavy (non-hydrogen) atoms. The maximum atomic E-state index is 5.50. The minimum atomic E-state index is 0.624. The van der Waals surface area contributed by atoms with Crippen LogP contribution < -0.4 is 15.0 Å². The highest BCUT2D eigenvalue weighted by atomic mass is 16.5. The van der Waals surface area contributed by atoms with Gasteiger partial charge < -0.3 is 15.0 Å². The lowest BCUT2D eigenvalue weighted by molar-refractivity contribution is 0.340. The number of benzene rings is 1. The van der Waals surface area contributed by atoms with E-state index >= 15 is 0 Å². The summed E-state index contributed by atoms with van der Waals surface area (Å²) in [6.45, 7) is 8.39. The fraction of sp³-hybridized carbons (Fsp3) is 0.625. The maximum Gasteiger partial charge on any atom is 0.119 e. The van der Waals surface area contributed by atoms with Gasteiger partial charge in [-0.05, 0) is 50.6 Å². The second-order valence-corrected chi connectivity index (χ2v) is 5.17. The van der Waals surface area contributed by atoms with Gasteiger partial charge in [0.1, 0.15) is 5.75 Å². The Morgan fingerprint density at radius 3 is 2.74 bits per heavy atom. The van der Waals surface area contributed by atoms with Crippen molar-refractivity contribution in [3.05, 3.63) is 24.3 Å². The molecule has 1 fully saturated rings. The molecule has 1 unspecified atom stereocenters. The molecule has 1 atom stereocenters. The van der Waals surface area contributed by atoms with E-state index in [0.29, 0.717) is 6.04 Å². The van der Waals surface area contributed by atoms with Crippen molar-refractivity contribution in [3.63, 3.8) is 0 Å². The zero-order valence-corrected chi connectivity index (χ0v) is 12.2. The first kappa shape index (κ1) is 14.2. The van der Waals surface area contributed by atoms with E-state index in [2.05, 4.69) is 41.4 Å². The summed E-state index contributed by atoms with van der Waals surface area (Å²) in [4.78, 5) is 2.50. The molecule has 0 aromatic heterocycles. The van der Waals surface area contributed by atoms with Gasteiger partial charge in [-0.15, -0.1) is 0 Å². The van der Waals surface area contributed by atoms with Gasteiger partial charge in [0, 0.05) is 24.8 Å². The van der Waals surface area contributed by atoms with Crippen LogP contribution in [0.15, 0.2) is 24.3 Å². The fourth-order valence-electron chi connectivity index (χ4n) is 2.69. The van der Waals surface area contributed by atoms with Crippen LogP contribution >= 0.6 is 0 Å². The molecule has 1 N–H and O–H groups in total. The lowest BCUT2D eigenvalue weighted by atomic mass is 10.1. The first-order chi connectivity index (χ1) is 9.33. The minimum Gasteiger partial charge on any atom is -0.494 e. The Morgan fingerprint density at radius 2 is 2.05 bits per heavy atom. The van der Waals surface area contributed by atoms with E-state index in [1.54, 1.807) is 0 Å². The Kier molecular flexibility index (Phi) is 5.52. The van der Waals surface area contributed by atoms with Crippen molar-refractivity contribution < 1.29 is 4.74 Å². The van der Waals surface area contributed by atoms with Crippen LogP contribution in [0.1, 0.15) is 33.1 Å². The number of nitrogens with one attached hydrogen (secondary N) is 1. The fourth-order valence-corrected chi connectivity index (χ4v) is 2.69. The maximum absolute atomic E-state index is 5.50. The summed E-state index contributed by atoms with van der Waals surface area (Å²) in [5, 5.41) is 3.65. The van der Waals surface area contributed by atoms with E-state index in [4.69, 9.17) is 4.74 Å². The Bertz CT molecular complexity index is 364. The largest absolute Gasteiger partial charge is 0.494 e. The van der Waals surface area contributed by atoms with Crippen molar-refractivity contribution in [2.45, 2.75) is 39.2 Å². The number of hydrogen-bond donors (Lipinski definition) is 1. The Morgan fingerprint density at radius 1 is 1.26 bits per heavy atom. The summed E-state index contributed by atoms with van der Waals surface area (Å²) in [5.74, 6) is 0.962. The quantitative estimate of drug-likeness (QED) is 0.882. The van der Waals surface area contributed by atoms with E-state index in [-0.39, 0.29) is 0 Å². The molecule has 0 saturated carbocycles. The molecule has 3 heteroatoms. The van der Waals surface area contributed by atoms with Crippen LogP contribution in [0, 0.1) is 0 Å². The molecule has 0 aliphatic carbocycles. The van der Waals surface area contributed by atoms with Gasteiger partial charge in [0.25, 0.3) is 0 Å². The van der Waals surface area contributed by atoms with Crippen molar-refractivity contribution in [1.82, 2.24) is 5.32 Å². The second kappa shape index (κ2) is 7.39. The Labute approximate surface area is 116 Å². The second-order valence-electron chi connectivity index (χ2n) is 5.17. The first-order valence-corrected chi connectivity index (χ1v) is 7.54. The van der Waals surface area contributed by atoms with E-state index in [0.717, 1.165) is 32.0 Å². The predicted octanol–water partition coefficient (Wildman–Crippen LogP) is 3.05. The first-order valence-electron chi connectivity index (χ1n) is 7.54. The molecular formula is C16H26N2O. The van der Waals surface area contributed by atoms with Gasteiger partial charge in [-0.2, -0.15) is 0 Å². The average molecular weight is 262 g/mol. The summed E-state index contributed by atoms with van der Waals surface area (Å²) in [7, 11) is 0. The van der Waals surface area contributed by atoms with Crippen LogP contribution in [-0.4, -0.2) is 32.3 Å². The molecule has 3 nitrogen and oxygen atoms in total. The highest BCUT2D eigenvalue weighted by Gasteiger charge is 2.17. The average Bonchev–Trinajstić information content (AvgIpc) is 2.66. The molecular weight excluding hydrogens is 236 g/mol. The highest BCUT2D eigenvalue weighted by molar-refractivity contribution is 5.49. The van der Waals surface area contributed by atoms with Crippen LogP contribution in [0.2, 0.25) is 0 Å². The topological polar surface area (TPSA) is 24.5 Å². The van der Waals surface area contributed by atoms with Crippen LogP contribution in [0.3, 0.4) is 0 Å². The lowest BCUT2D eigenvalue weighted by Gasteiger charge is -2.26. The molecule has 1 aromatic carbocycles. The van der Waals surface area contributed by atoms with E-state index in [9.17, 15) is 0 Å². The normalized spacial score (nSPS) is 20.1. The molecule has 0 bridgehead atoms. The third-order valence-corrected chi connectivity index (χ3v) is 3.63. The Hall–Kier alpha value is -1.22. The summed E-state index contributed by atoms with van der Waals surface area (Å²) in [6.07, 6.45) is 3.72. The van der Waals surface area contributed by atoms with Crippen molar-refractivity contribution >= 4 is 5.69 Å². The summed E-state index contributed by atoms with van der Waals surface area (Å²) in [5.41, 5.74) is 1.31. The number of ether oxygens (including phenoxy) is 1. The van der Waals surface area contributed by atoms with Gasteiger partial charge in [0.15, 0.2) is 0 Å². The van der Waals surface area contributed by atoms with Crippen LogP contribution in [0.25, 0.3) is 0 Å². The summed E-state index contributed by atoms with van der Waals surface area (Å²) >= 11 is 0. The van der Waals surface area contributed by atoms with Crippen molar-refractivity contribution in [2.24, 2.45) is 0 Å². The van der Waals surface area contributed by atoms with Crippen LogP contribution in [0.5, 0.6) is 5.75 Å². The predicted molar refractivity (Wildman–Crippen MR) is 81.1 cm³/mol. The lowest BCUT2D eigenvalue weighted by Crippen LogP contribution is -2.37. The van der Waals surface area contributed by atoms with Crippen molar-refractivity contribution in [1.29, 1.82) is 0 Å². The molecule has 1 saturated heterocycles. The molecule has 0 radical (unpaired) electrons. The zero-order valence-electron chi connectivity index (χ0n) is 12.2. The molecule has 0 spiro atoms. The summed E-state index contributed by atoms with van der Waals surface area (Å²) < 4.78 is 5.50. The number of rotatable bonds is 5. The number of hydrogen-bond acceptors (Lipinski definition) is 3. The van der Waals surface area contributed by atoms with Crippen molar-refractivity contribution in [2.75, 3.05) is 31.1 Å². The highest BCUT2D eigenvalue weighted by Crippen LogP contribution is 2.21. The monoisotopic (exact) mass is 262 g/mol. The SMILES string of the molecule is CCCC1CN(c2ccc(OCC)cc2)CCCN1. The van der Waals surface area contributed by atoms with E-state index in [1.165, 1.54) is 24.9 Å². The smallest absolute Gasteiger partial charge is 0.119 e. The standard InChI is InChI=1S/C16H26N2O/c1-3-6-14-13-18(12-5-11-17-14)15-7-9-16(10-8-15)19-4-2/h7-10,14,17H,3-6,11-13H2,1-2H3. The molecule has 1 aromatic rings. The minimum absolute atomic E-state index is 0.624. The van der Waals surface area contributed by atoms with Crippen LogP contribution in [-0.2, 0) is 0 Å². The number of anilines is 1. The van der Waals surface area contributed by atoms with Gasteiger partial charge in [-0.1, -0.05) is 13.3 Å². The third kappa shape index (κ3) is 4.13. The zero-order chi connectivity index (χ0) is 13.5. The molecule has 0 amide bonds. The third-order valence-electron chi connectivity index (χ3n) is 3.63. The molecule has 1 aliphatic heterocycles. The molecule has 106 valence electrons. The van der Waals surface area contributed by atoms with Gasteiger partial charge in [-0.3, -0.25) is 0 Å². The van der Waals surface area contributed by atoms with Gasteiger partial charge in [0.05, 0.1) is 6.61 Å². The van der Waals surface area contributed by atoms with Gasteiger partial charge >= 0.3 is 0 Å². The van der Waals surface area contributed by atoms with Crippen molar-refractivity contribution in [3.8, 4) is 5.75 Å².